The number of nitrogens with zero attached hydrogens (tertiary/aromatic N) is 2. The molecule has 0 aliphatic carbocycles. The van der Waals surface area contributed by atoms with Crippen LogP contribution in [0.5, 0.6) is 0 Å². The maximum Gasteiger partial charge on any atom is 0.339 e. The first-order valence-electron chi connectivity index (χ1n) is 6.14. The summed E-state index contributed by atoms with van der Waals surface area (Å²) in [4.78, 5) is 11.7. The molecule has 21 heavy (non-hydrogen) atoms. The van der Waals surface area contributed by atoms with Crippen LogP contribution >= 0.6 is 0 Å². The summed E-state index contributed by atoms with van der Waals surface area (Å²) < 4.78 is 33.7. The molecule has 1 heterocycles. The van der Waals surface area contributed by atoms with E-state index in [0.29, 0.717) is 5.69 Å². The normalized spacial score (nSPS) is 11.5. The molecule has 0 atom stereocenters. The van der Waals surface area contributed by atoms with E-state index in [1.165, 1.54) is 24.1 Å². The minimum Gasteiger partial charge on any atom is -0.465 e. The van der Waals surface area contributed by atoms with Crippen LogP contribution < -0.4 is 5.73 Å². The number of nitrogens with two attached hydrogens (primary N) is 1. The second-order valence-corrected chi connectivity index (χ2v) is 4.71. The van der Waals surface area contributed by atoms with Gasteiger partial charge in [-0.3, -0.25) is 4.68 Å². The molecule has 2 aromatic rings. The average Bonchev–Trinajstić information content (AvgIpc) is 2.82. The lowest BCUT2D eigenvalue weighted by Crippen LogP contribution is -2.14. The van der Waals surface area contributed by atoms with Gasteiger partial charge in [-0.05, 0) is 18.2 Å². The van der Waals surface area contributed by atoms with E-state index in [1.54, 1.807) is 13.1 Å². The van der Waals surface area contributed by atoms with Crippen LogP contribution in [0, 0.1) is 0 Å². The van der Waals surface area contributed by atoms with Crippen LogP contribution in [-0.4, -0.2) is 22.9 Å². The minimum atomic E-state index is -3.11. The third kappa shape index (κ3) is 2.72. The van der Waals surface area contributed by atoms with Gasteiger partial charge in [0.05, 0.1) is 18.4 Å². The molecule has 2 rings (SSSR count). The molecule has 0 aliphatic heterocycles. The van der Waals surface area contributed by atoms with Gasteiger partial charge in [-0.15, -0.1) is 0 Å². The Morgan fingerprint density at radius 3 is 2.57 bits per heavy atom. The first-order valence-corrected chi connectivity index (χ1v) is 6.14. The van der Waals surface area contributed by atoms with Gasteiger partial charge in [0.2, 0.25) is 0 Å². The maximum atomic E-state index is 13.8. The number of carbonyl (C=O) groups is 1. The third-order valence-corrected chi connectivity index (χ3v) is 3.16. The number of rotatable bonds is 3. The summed E-state index contributed by atoms with van der Waals surface area (Å²) in [5.74, 6) is -3.79. The Morgan fingerprint density at radius 1 is 1.43 bits per heavy atom. The lowest BCUT2D eigenvalue weighted by Gasteiger charge is -2.18. The van der Waals surface area contributed by atoms with Gasteiger partial charge in [-0.25, -0.2) is 13.6 Å². The molecule has 0 spiro atoms. The Kier molecular flexibility index (Phi) is 3.67. The molecule has 0 fully saturated rings. The van der Waals surface area contributed by atoms with E-state index in [4.69, 9.17) is 5.73 Å². The molecule has 0 unspecified atom stereocenters. The molecule has 1 aromatic heterocycles. The summed E-state index contributed by atoms with van der Waals surface area (Å²) in [6, 6.07) is 4.00. The van der Waals surface area contributed by atoms with E-state index < -0.39 is 11.9 Å². The molecule has 5 nitrogen and oxygen atoms in total. The van der Waals surface area contributed by atoms with Crippen LogP contribution in [0.4, 0.5) is 14.5 Å². The molecule has 0 bridgehead atoms. The number of nitrogen functional groups attached to an aromatic ring is 1. The molecule has 1 aromatic carbocycles. The smallest absolute Gasteiger partial charge is 0.339 e. The van der Waals surface area contributed by atoms with Crippen molar-refractivity contribution in [3.05, 3.63) is 35.5 Å². The average molecular weight is 295 g/mol. The summed E-state index contributed by atoms with van der Waals surface area (Å²) in [6.45, 7) is 0.777. The Bertz CT molecular complexity index is 690. The van der Waals surface area contributed by atoms with Gasteiger partial charge in [-0.1, -0.05) is 0 Å². The summed E-state index contributed by atoms with van der Waals surface area (Å²) in [6.07, 6.45) is 1.49. The molecule has 7 heteroatoms. The Labute approximate surface area is 120 Å². The SMILES string of the molecule is COC(=O)c1cc(-c2ccnn2C)c(C(C)(F)F)cc1N. The zero-order chi connectivity index (χ0) is 15.8. The lowest BCUT2D eigenvalue weighted by molar-refractivity contribution is 0.0180. The predicted octanol–water partition coefficient (Wildman–Crippen LogP) is 2.57. The zero-order valence-electron chi connectivity index (χ0n) is 11.9. The third-order valence-electron chi connectivity index (χ3n) is 3.16. The summed E-state index contributed by atoms with van der Waals surface area (Å²) in [5, 5.41) is 3.96. The van der Waals surface area contributed by atoms with Crippen LogP contribution in [0.3, 0.4) is 0 Å². The maximum absolute atomic E-state index is 13.8. The number of benzene rings is 1. The molecule has 0 amide bonds. The van der Waals surface area contributed by atoms with Crippen molar-refractivity contribution in [3.8, 4) is 11.3 Å². The molecule has 0 saturated carbocycles. The fourth-order valence-electron chi connectivity index (χ4n) is 2.12. The van der Waals surface area contributed by atoms with Gasteiger partial charge in [0.25, 0.3) is 5.92 Å². The van der Waals surface area contributed by atoms with Crippen LogP contribution in [0.15, 0.2) is 24.4 Å². The summed E-state index contributed by atoms with van der Waals surface area (Å²) >= 11 is 0. The molecule has 0 radical (unpaired) electrons. The highest BCUT2D eigenvalue weighted by Crippen LogP contribution is 2.38. The molecule has 0 saturated heterocycles. The predicted molar refractivity (Wildman–Crippen MR) is 74.0 cm³/mol. The number of esters is 1. The first-order chi connectivity index (χ1) is 9.75. The first kappa shape index (κ1) is 15.0. The number of carbonyl (C=O) groups excluding carboxylic acids is 1. The minimum absolute atomic E-state index is 0.0432. The number of hydrogen-bond acceptors (Lipinski definition) is 4. The Morgan fingerprint density at radius 2 is 2.10 bits per heavy atom. The van der Waals surface area contributed by atoms with E-state index in [9.17, 15) is 13.6 Å². The van der Waals surface area contributed by atoms with E-state index in [2.05, 4.69) is 9.84 Å². The zero-order valence-corrected chi connectivity index (χ0v) is 11.9. The fourth-order valence-corrected chi connectivity index (χ4v) is 2.12. The van der Waals surface area contributed by atoms with Crippen molar-refractivity contribution in [1.82, 2.24) is 9.78 Å². The Balaban J connectivity index is 2.76. The van der Waals surface area contributed by atoms with E-state index in [0.717, 1.165) is 13.0 Å². The molecular weight excluding hydrogens is 280 g/mol. The monoisotopic (exact) mass is 295 g/mol. The van der Waals surface area contributed by atoms with Gasteiger partial charge in [0.1, 0.15) is 0 Å². The quantitative estimate of drug-likeness (QED) is 0.698. The van der Waals surface area contributed by atoms with Gasteiger partial charge in [0, 0.05) is 37.0 Å². The number of hydrogen-bond donors (Lipinski definition) is 1. The number of methoxy groups -OCH3 is 1. The Hall–Kier alpha value is -2.44. The number of ether oxygens (including phenoxy) is 1. The van der Waals surface area contributed by atoms with Gasteiger partial charge < -0.3 is 10.5 Å². The van der Waals surface area contributed by atoms with Crippen molar-refractivity contribution in [2.45, 2.75) is 12.8 Å². The largest absolute Gasteiger partial charge is 0.465 e. The van der Waals surface area contributed by atoms with Gasteiger partial charge >= 0.3 is 5.97 Å². The molecule has 112 valence electrons. The second kappa shape index (κ2) is 5.16. The summed E-state index contributed by atoms with van der Waals surface area (Å²) in [7, 11) is 2.83. The standard InChI is InChI=1S/C14H15F2N3O2/c1-14(15,16)10-7-11(17)9(13(20)21-3)6-8(10)12-4-5-18-19(12)2/h4-7H,17H2,1-3H3. The van der Waals surface area contributed by atoms with Crippen LogP contribution in [0.1, 0.15) is 22.8 Å². The number of anilines is 1. The molecule has 0 aliphatic rings. The number of aryl methyl sites for hydroxylation is 1. The van der Waals surface area contributed by atoms with Crippen molar-refractivity contribution in [2.75, 3.05) is 12.8 Å². The summed E-state index contributed by atoms with van der Waals surface area (Å²) in [5.41, 5.74) is 6.07. The van der Waals surface area contributed by atoms with E-state index in [1.807, 2.05) is 0 Å². The van der Waals surface area contributed by atoms with Crippen molar-refractivity contribution in [2.24, 2.45) is 7.05 Å². The number of halogens is 2. The van der Waals surface area contributed by atoms with Crippen LogP contribution in [0.2, 0.25) is 0 Å². The molecule has 2 N–H and O–H groups in total. The van der Waals surface area contributed by atoms with E-state index >= 15 is 0 Å². The highest BCUT2D eigenvalue weighted by atomic mass is 19.3. The number of alkyl halides is 2. The van der Waals surface area contributed by atoms with Crippen LogP contribution in [-0.2, 0) is 17.7 Å². The van der Waals surface area contributed by atoms with Crippen molar-refractivity contribution < 1.29 is 18.3 Å². The highest BCUT2D eigenvalue weighted by molar-refractivity contribution is 5.97. The van der Waals surface area contributed by atoms with Gasteiger partial charge in [-0.2, -0.15) is 5.10 Å². The fraction of sp³-hybridized carbons (Fsp3) is 0.286. The number of aromatic nitrogens is 2. The highest BCUT2D eigenvalue weighted by Gasteiger charge is 2.31. The van der Waals surface area contributed by atoms with Crippen molar-refractivity contribution in [1.29, 1.82) is 0 Å². The topological polar surface area (TPSA) is 70.1 Å². The van der Waals surface area contributed by atoms with E-state index in [-0.39, 0.29) is 22.4 Å². The van der Waals surface area contributed by atoms with Crippen LogP contribution in [0.25, 0.3) is 11.3 Å². The second-order valence-electron chi connectivity index (χ2n) is 4.71. The lowest BCUT2D eigenvalue weighted by atomic mass is 9.96. The van der Waals surface area contributed by atoms with Crippen molar-refractivity contribution >= 4 is 11.7 Å². The molecular formula is C14H15F2N3O2. The van der Waals surface area contributed by atoms with Gasteiger partial charge in [0.15, 0.2) is 0 Å². The van der Waals surface area contributed by atoms with Crippen molar-refractivity contribution in [3.63, 3.8) is 0 Å².